The molecule has 2 rings (SSSR count). The highest BCUT2D eigenvalue weighted by molar-refractivity contribution is 5.98. The van der Waals surface area contributed by atoms with Crippen molar-refractivity contribution in [1.29, 1.82) is 0 Å². The van der Waals surface area contributed by atoms with Crippen LogP contribution in [0.5, 0.6) is 0 Å². The van der Waals surface area contributed by atoms with E-state index < -0.39 is 0 Å². The number of likely N-dealkylation sites (tertiary alicyclic amines) is 1. The molecule has 6 nitrogen and oxygen atoms in total. The second-order valence-corrected chi connectivity index (χ2v) is 5.46. The Kier molecular flexibility index (Phi) is 3.54. The summed E-state index contributed by atoms with van der Waals surface area (Å²) < 4.78 is 7.07. The SMILES string of the molecule is COC1(C)CCCN(C(=O)c2c(N)c(C)nn2C)C1. The smallest absolute Gasteiger partial charge is 0.274 e. The summed E-state index contributed by atoms with van der Waals surface area (Å²) in [6.45, 7) is 5.17. The zero-order valence-electron chi connectivity index (χ0n) is 12.1. The summed E-state index contributed by atoms with van der Waals surface area (Å²) in [6.07, 6.45) is 1.90. The van der Waals surface area contributed by atoms with E-state index >= 15 is 0 Å². The van der Waals surface area contributed by atoms with Crippen molar-refractivity contribution in [2.45, 2.75) is 32.3 Å². The summed E-state index contributed by atoms with van der Waals surface area (Å²) in [7, 11) is 3.44. The maximum Gasteiger partial charge on any atom is 0.274 e. The number of aromatic nitrogens is 2. The van der Waals surface area contributed by atoms with Gasteiger partial charge in [0.05, 0.1) is 17.0 Å². The number of carbonyl (C=O) groups is 1. The molecule has 1 aliphatic heterocycles. The molecule has 0 spiro atoms. The van der Waals surface area contributed by atoms with Crippen LogP contribution in [0.25, 0.3) is 0 Å². The number of methoxy groups -OCH3 is 1. The quantitative estimate of drug-likeness (QED) is 0.865. The maximum absolute atomic E-state index is 12.6. The highest BCUT2D eigenvalue weighted by Gasteiger charge is 2.35. The number of carbonyl (C=O) groups excluding carboxylic acids is 1. The number of piperidine rings is 1. The third-order valence-corrected chi connectivity index (χ3v) is 3.91. The monoisotopic (exact) mass is 266 g/mol. The van der Waals surface area contributed by atoms with Crippen molar-refractivity contribution in [2.75, 3.05) is 25.9 Å². The molecular weight excluding hydrogens is 244 g/mol. The molecule has 1 aliphatic rings. The van der Waals surface area contributed by atoms with Gasteiger partial charge in [0, 0.05) is 27.2 Å². The van der Waals surface area contributed by atoms with Crippen molar-refractivity contribution >= 4 is 11.6 Å². The Labute approximate surface area is 113 Å². The van der Waals surface area contributed by atoms with Crippen molar-refractivity contribution < 1.29 is 9.53 Å². The lowest BCUT2D eigenvalue weighted by atomic mass is 9.94. The average molecular weight is 266 g/mol. The lowest BCUT2D eigenvalue weighted by molar-refractivity contribution is -0.0442. The number of nitrogens with two attached hydrogens (primary N) is 1. The molecule has 0 aromatic carbocycles. The van der Waals surface area contributed by atoms with Gasteiger partial charge in [-0.1, -0.05) is 0 Å². The number of anilines is 1. The summed E-state index contributed by atoms with van der Waals surface area (Å²) in [5.41, 5.74) is 7.31. The minimum atomic E-state index is -0.268. The van der Waals surface area contributed by atoms with E-state index in [1.807, 2.05) is 13.8 Å². The first-order chi connectivity index (χ1) is 8.88. The molecule has 6 heteroatoms. The van der Waals surface area contributed by atoms with E-state index in [4.69, 9.17) is 10.5 Å². The number of rotatable bonds is 2. The molecule has 1 atom stereocenters. The summed E-state index contributed by atoms with van der Waals surface area (Å²) in [4.78, 5) is 14.4. The third kappa shape index (κ3) is 2.45. The van der Waals surface area contributed by atoms with E-state index in [0.717, 1.165) is 19.4 Å². The van der Waals surface area contributed by atoms with Crippen molar-refractivity contribution in [3.8, 4) is 0 Å². The van der Waals surface area contributed by atoms with Gasteiger partial charge in [0.2, 0.25) is 0 Å². The lowest BCUT2D eigenvalue weighted by Gasteiger charge is -2.39. The van der Waals surface area contributed by atoms with Crippen LogP contribution >= 0.6 is 0 Å². The van der Waals surface area contributed by atoms with Crippen LogP contribution < -0.4 is 5.73 Å². The summed E-state index contributed by atoms with van der Waals surface area (Å²) >= 11 is 0. The van der Waals surface area contributed by atoms with E-state index in [9.17, 15) is 4.79 Å². The molecule has 1 saturated heterocycles. The molecule has 19 heavy (non-hydrogen) atoms. The largest absolute Gasteiger partial charge is 0.395 e. The molecule has 2 N–H and O–H groups in total. The lowest BCUT2D eigenvalue weighted by Crippen LogP contribution is -2.50. The van der Waals surface area contributed by atoms with Gasteiger partial charge in [-0.3, -0.25) is 9.48 Å². The van der Waals surface area contributed by atoms with E-state index in [2.05, 4.69) is 5.10 Å². The first kappa shape index (κ1) is 13.9. The van der Waals surface area contributed by atoms with Crippen LogP contribution in [0.2, 0.25) is 0 Å². The van der Waals surface area contributed by atoms with Crippen LogP contribution in [0, 0.1) is 6.92 Å². The number of hydrogen-bond acceptors (Lipinski definition) is 4. The predicted octanol–water partition coefficient (Wildman–Crippen LogP) is 0.952. The first-order valence-corrected chi connectivity index (χ1v) is 6.51. The van der Waals surface area contributed by atoms with Gasteiger partial charge in [-0.25, -0.2) is 0 Å². The standard InChI is InChI=1S/C13H22N4O2/c1-9-10(14)11(16(3)15-9)12(18)17-7-5-6-13(2,8-17)19-4/h5-8,14H2,1-4H3. The molecule has 0 radical (unpaired) electrons. The van der Waals surface area contributed by atoms with E-state index in [0.29, 0.717) is 23.6 Å². The van der Waals surface area contributed by atoms with Gasteiger partial charge in [0.15, 0.2) is 0 Å². The number of aryl methyl sites for hydroxylation is 2. The van der Waals surface area contributed by atoms with Crippen molar-refractivity contribution in [3.05, 3.63) is 11.4 Å². The number of amides is 1. The van der Waals surface area contributed by atoms with Crippen LogP contribution in [-0.2, 0) is 11.8 Å². The van der Waals surface area contributed by atoms with Crippen LogP contribution in [0.4, 0.5) is 5.69 Å². The zero-order valence-corrected chi connectivity index (χ0v) is 12.1. The van der Waals surface area contributed by atoms with E-state index in [-0.39, 0.29) is 11.5 Å². The fourth-order valence-electron chi connectivity index (χ4n) is 2.62. The highest BCUT2D eigenvalue weighted by Crippen LogP contribution is 2.26. The van der Waals surface area contributed by atoms with Crippen molar-refractivity contribution in [1.82, 2.24) is 14.7 Å². The molecule has 1 aromatic heterocycles. The van der Waals surface area contributed by atoms with Crippen LogP contribution in [0.3, 0.4) is 0 Å². The van der Waals surface area contributed by atoms with Gasteiger partial charge < -0.3 is 15.4 Å². The zero-order chi connectivity index (χ0) is 14.2. The van der Waals surface area contributed by atoms with Gasteiger partial charge in [0.25, 0.3) is 5.91 Å². The summed E-state index contributed by atoms with van der Waals surface area (Å²) in [5, 5.41) is 4.20. The van der Waals surface area contributed by atoms with Gasteiger partial charge >= 0.3 is 0 Å². The molecule has 0 aliphatic carbocycles. The molecule has 2 heterocycles. The second-order valence-electron chi connectivity index (χ2n) is 5.46. The van der Waals surface area contributed by atoms with Gasteiger partial charge in [-0.05, 0) is 26.7 Å². The summed E-state index contributed by atoms with van der Waals surface area (Å²) in [6, 6.07) is 0. The Morgan fingerprint density at radius 1 is 1.53 bits per heavy atom. The Balaban J connectivity index is 2.24. The Hall–Kier alpha value is -1.56. The molecular formula is C13H22N4O2. The normalized spacial score (nSPS) is 23.7. The van der Waals surface area contributed by atoms with Crippen LogP contribution in [0.1, 0.15) is 35.9 Å². The van der Waals surface area contributed by atoms with Crippen LogP contribution in [0.15, 0.2) is 0 Å². The minimum absolute atomic E-state index is 0.0661. The van der Waals surface area contributed by atoms with E-state index in [1.54, 1.807) is 23.7 Å². The average Bonchev–Trinajstić information content (AvgIpc) is 2.63. The summed E-state index contributed by atoms with van der Waals surface area (Å²) in [5.74, 6) is -0.0661. The van der Waals surface area contributed by atoms with Crippen molar-refractivity contribution in [2.24, 2.45) is 7.05 Å². The number of ether oxygens (including phenoxy) is 1. The fraction of sp³-hybridized carbons (Fsp3) is 0.692. The Bertz CT molecular complexity index is 497. The van der Waals surface area contributed by atoms with Gasteiger partial charge in [0.1, 0.15) is 5.69 Å². The maximum atomic E-state index is 12.6. The minimum Gasteiger partial charge on any atom is -0.395 e. The molecule has 1 unspecified atom stereocenters. The number of hydrogen-bond donors (Lipinski definition) is 1. The number of nitrogens with zero attached hydrogens (tertiary/aromatic N) is 3. The fourth-order valence-corrected chi connectivity index (χ4v) is 2.62. The molecule has 0 saturated carbocycles. The highest BCUT2D eigenvalue weighted by atomic mass is 16.5. The second kappa shape index (κ2) is 4.85. The van der Waals surface area contributed by atoms with Crippen molar-refractivity contribution in [3.63, 3.8) is 0 Å². The molecule has 1 amide bonds. The first-order valence-electron chi connectivity index (χ1n) is 6.51. The van der Waals surface area contributed by atoms with Gasteiger partial charge in [-0.2, -0.15) is 5.10 Å². The van der Waals surface area contributed by atoms with E-state index in [1.165, 1.54) is 0 Å². The molecule has 1 aromatic rings. The third-order valence-electron chi connectivity index (χ3n) is 3.91. The van der Waals surface area contributed by atoms with Crippen LogP contribution in [-0.4, -0.2) is 46.4 Å². The molecule has 0 bridgehead atoms. The number of nitrogen functional groups attached to an aromatic ring is 1. The Morgan fingerprint density at radius 2 is 2.21 bits per heavy atom. The van der Waals surface area contributed by atoms with Gasteiger partial charge in [-0.15, -0.1) is 0 Å². The molecule has 1 fully saturated rings. The topological polar surface area (TPSA) is 73.4 Å². The molecule has 106 valence electrons. The Morgan fingerprint density at radius 3 is 2.74 bits per heavy atom. The predicted molar refractivity (Wildman–Crippen MR) is 72.9 cm³/mol.